The summed E-state index contributed by atoms with van der Waals surface area (Å²) in [6.45, 7) is 8.04. The van der Waals surface area contributed by atoms with Gasteiger partial charge in [0.25, 0.3) is 0 Å². The monoisotopic (exact) mass is 271 g/mol. The smallest absolute Gasteiger partial charge is 0.134 e. The third-order valence-electron chi connectivity index (χ3n) is 1.90. The van der Waals surface area contributed by atoms with Gasteiger partial charge >= 0.3 is 0 Å². The number of hydrogen-bond acceptors (Lipinski definition) is 2. The average Bonchev–Trinajstić information content (AvgIpc) is 2.05. The Kier molecular flexibility index (Phi) is 3.79. The molecule has 0 amide bonds. The molecule has 2 nitrogen and oxygen atoms in total. The van der Waals surface area contributed by atoms with Crippen LogP contribution in [0.3, 0.4) is 0 Å². The Morgan fingerprint density at radius 1 is 1.33 bits per heavy atom. The second-order valence-electron chi connectivity index (χ2n) is 4.69. The zero-order valence-electron chi connectivity index (χ0n) is 9.67. The number of hydrogen-bond donors (Lipinski definition) is 1. The summed E-state index contributed by atoms with van der Waals surface area (Å²) in [5, 5.41) is 0. The lowest BCUT2D eigenvalue weighted by atomic mass is 10.1. The molecule has 0 radical (unpaired) electrons. The summed E-state index contributed by atoms with van der Waals surface area (Å²) in [6.07, 6.45) is 0. The van der Waals surface area contributed by atoms with Gasteiger partial charge in [-0.2, -0.15) is 0 Å². The quantitative estimate of drug-likeness (QED) is 0.892. The van der Waals surface area contributed by atoms with E-state index in [9.17, 15) is 0 Å². The molecule has 0 aromatic heterocycles. The molecule has 0 aliphatic carbocycles. The van der Waals surface area contributed by atoms with Crippen LogP contribution >= 0.6 is 15.9 Å². The standard InChI is InChI=1S/C12H18BrNO/c1-8(14)9-5-6-11(10(13)7-9)15-12(2,3)4/h5-8H,14H2,1-4H3. The van der Waals surface area contributed by atoms with Gasteiger partial charge in [-0.15, -0.1) is 0 Å². The van der Waals surface area contributed by atoms with Crippen LogP contribution in [0.15, 0.2) is 22.7 Å². The van der Waals surface area contributed by atoms with Crippen molar-refractivity contribution in [2.75, 3.05) is 0 Å². The van der Waals surface area contributed by atoms with E-state index in [1.165, 1.54) is 0 Å². The van der Waals surface area contributed by atoms with Crippen LogP contribution in [0.5, 0.6) is 5.75 Å². The molecule has 0 saturated carbocycles. The molecule has 0 heterocycles. The molecule has 0 bridgehead atoms. The van der Waals surface area contributed by atoms with E-state index in [0.717, 1.165) is 15.8 Å². The highest BCUT2D eigenvalue weighted by Gasteiger charge is 2.14. The Morgan fingerprint density at radius 3 is 2.33 bits per heavy atom. The van der Waals surface area contributed by atoms with Crippen molar-refractivity contribution in [3.63, 3.8) is 0 Å². The Balaban J connectivity index is 2.94. The van der Waals surface area contributed by atoms with E-state index in [0.29, 0.717) is 0 Å². The first-order chi connectivity index (χ1) is 6.79. The van der Waals surface area contributed by atoms with E-state index in [4.69, 9.17) is 10.5 Å². The van der Waals surface area contributed by atoms with Crippen molar-refractivity contribution in [1.29, 1.82) is 0 Å². The van der Waals surface area contributed by atoms with Crippen molar-refractivity contribution >= 4 is 15.9 Å². The summed E-state index contributed by atoms with van der Waals surface area (Å²) in [7, 11) is 0. The van der Waals surface area contributed by atoms with Crippen LogP contribution in [0.25, 0.3) is 0 Å². The summed E-state index contributed by atoms with van der Waals surface area (Å²) in [5.74, 6) is 0.854. The largest absolute Gasteiger partial charge is 0.487 e. The molecule has 1 unspecified atom stereocenters. The highest BCUT2D eigenvalue weighted by molar-refractivity contribution is 9.10. The van der Waals surface area contributed by atoms with Crippen LogP contribution < -0.4 is 10.5 Å². The van der Waals surface area contributed by atoms with Gasteiger partial charge in [-0.25, -0.2) is 0 Å². The summed E-state index contributed by atoms with van der Waals surface area (Å²) in [4.78, 5) is 0. The van der Waals surface area contributed by atoms with Crippen LogP contribution in [0.4, 0.5) is 0 Å². The van der Waals surface area contributed by atoms with Crippen molar-refractivity contribution in [3.8, 4) is 5.75 Å². The van der Waals surface area contributed by atoms with Crippen LogP contribution in [-0.4, -0.2) is 5.60 Å². The van der Waals surface area contributed by atoms with Gasteiger partial charge in [0.1, 0.15) is 11.4 Å². The second-order valence-corrected chi connectivity index (χ2v) is 5.55. The number of nitrogens with two attached hydrogens (primary N) is 1. The summed E-state index contributed by atoms with van der Waals surface area (Å²) >= 11 is 3.49. The molecule has 2 N–H and O–H groups in total. The number of benzene rings is 1. The van der Waals surface area contributed by atoms with E-state index < -0.39 is 0 Å². The van der Waals surface area contributed by atoms with Crippen LogP contribution in [0.1, 0.15) is 39.3 Å². The Hall–Kier alpha value is -0.540. The van der Waals surface area contributed by atoms with E-state index in [1.807, 2.05) is 45.9 Å². The molecule has 0 aliphatic heterocycles. The molecule has 0 spiro atoms. The zero-order valence-corrected chi connectivity index (χ0v) is 11.3. The van der Waals surface area contributed by atoms with Crippen LogP contribution in [0, 0.1) is 0 Å². The maximum atomic E-state index is 5.80. The van der Waals surface area contributed by atoms with Gasteiger partial charge in [0, 0.05) is 6.04 Å². The molecule has 0 aliphatic rings. The number of ether oxygens (including phenoxy) is 1. The van der Waals surface area contributed by atoms with Gasteiger partial charge in [0.15, 0.2) is 0 Å². The lowest BCUT2D eigenvalue weighted by molar-refractivity contribution is 0.130. The first-order valence-electron chi connectivity index (χ1n) is 5.03. The topological polar surface area (TPSA) is 35.2 Å². The zero-order chi connectivity index (χ0) is 11.6. The number of halogens is 1. The van der Waals surface area contributed by atoms with Gasteiger partial charge in [0.2, 0.25) is 0 Å². The first kappa shape index (κ1) is 12.5. The second kappa shape index (κ2) is 4.54. The Morgan fingerprint density at radius 2 is 1.93 bits per heavy atom. The van der Waals surface area contributed by atoms with Gasteiger partial charge in [-0.1, -0.05) is 6.07 Å². The van der Waals surface area contributed by atoms with Gasteiger partial charge in [-0.3, -0.25) is 0 Å². The van der Waals surface area contributed by atoms with Gasteiger partial charge in [-0.05, 0) is 61.3 Å². The van der Waals surface area contributed by atoms with Crippen LogP contribution in [0.2, 0.25) is 0 Å². The molecule has 15 heavy (non-hydrogen) atoms. The number of rotatable bonds is 2. The SMILES string of the molecule is CC(N)c1ccc(OC(C)(C)C)c(Br)c1. The maximum absolute atomic E-state index is 5.80. The molecule has 0 saturated heterocycles. The Bertz CT molecular complexity index is 342. The van der Waals surface area contributed by atoms with E-state index >= 15 is 0 Å². The third-order valence-corrected chi connectivity index (χ3v) is 2.52. The molecular formula is C12H18BrNO. The van der Waals surface area contributed by atoms with Gasteiger partial charge < -0.3 is 10.5 Å². The maximum Gasteiger partial charge on any atom is 0.134 e. The summed E-state index contributed by atoms with van der Waals surface area (Å²) in [6, 6.07) is 6.00. The lowest BCUT2D eigenvalue weighted by Gasteiger charge is -2.22. The van der Waals surface area contributed by atoms with Crippen molar-refractivity contribution < 1.29 is 4.74 Å². The summed E-state index contributed by atoms with van der Waals surface area (Å²) in [5.41, 5.74) is 6.72. The first-order valence-corrected chi connectivity index (χ1v) is 5.83. The van der Waals surface area contributed by atoms with E-state index in [2.05, 4.69) is 15.9 Å². The van der Waals surface area contributed by atoms with Crippen molar-refractivity contribution in [3.05, 3.63) is 28.2 Å². The third kappa shape index (κ3) is 3.84. The van der Waals surface area contributed by atoms with Gasteiger partial charge in [0.05, 0.1) is 4.47 Å². The molecule has 0 fully saturated rings. The summed E-state index contributed by atoms with van der Waals surface area (Å²) < 4.78 is 6.73. The predicted molar refractivity (Wildman–Crippen MR) is 67.1 cm³/mol. The molecule has 84 valence electrons. The molecule has 1 rings (SSSR count). The minimum Gasteiger partial charge on any atom is -0.487 e. The molecule has 1 aromatic rings. The lowest BCUT2D eigenvalue weighted by Crippen LogP contribution is -2.23. The van der Waals surface area contributed by atoms with E-state index in [-0.39, 0.29) is 11.6 Å². The van der Waals surface area contributed by atoms with E-state index in [1.54, 1.807) is 0 Å². The molecule has 1 atom stereocenters. The highest BCUT2D eigenvalue weighted by Crippen LogP contribution is 2.30. The highest BCUT2D eigenvalue weighted by atomic mass is 79.9. The fourth-order valence-electron chi connectivity index (χ4n) is 1.21. The molecular weight excluding hydrogens is 254 g/mol. The minimum absolute atomic E-state index is 0.0463. The fourth-order valence-corrected chi connectivity index (χ4v) is 1.69. The van der Waals surface area contributed by atoms with Crippen molar-refractivity contribution in [1.82, 2.24) is 0 Å². The predicted octanol–water partition coefficient (Wildman–Crippen LogP) is 3.65. The minimum atomic E-state index is -0.182. The van der Waals surface area contributed by atoms with Crippen molar-refractivity contribution in [2.45, 2.75) is 39.3 Å². The molecule has 1 aromatic carbocycles. The fraction of sp³-hybridized carbons (Fsp3) is 0.500. The normalized spacial score (nSPS) is 13.7. The molecule has 3 heteroatoms. The Labute approximate surface area is 99.9 Å². The average molecular weight is 272 g/mol. The van der Waals surface area contributed by atoms with Crippen LogP contribution in [-0.2, 0) is 0 Å². The van der Waals surface area contributed by atoms with Crippen molar-refractivity contribution in [2.24, 2.45) is 5.73 Å².